The molecule has 0 bridgehead atoms. The lowest BCUT2D eigenvalue weighted by atomic mass is 9.61. The van der Waals surface area contributed by atoms with E-state index in [1.807, 2.05) is 59.7 Å². The van der Waals surface area contributed by atoms with Gasteiger partial charge in [-0.15, -0.1) is 0 Å². The van der Waals surface area contributed by atoms with Crippen LogP contribution in [0.25, 0.3) is 0 Å². The predicted molar refractivity (Wildman–Crippen MR) is 67.0 cm³/mol. The summed E-state index contributed by atoms with van der Waals surface area (Å²) < 4.78 is 0. The van der Waals surface area contributed by atoms with E-state index in [0.29, 0.717) is 0 Å². The molecule has 2 heteroatoms. The third-order valence-electron chi connectivity index (χ3n) is 3.21. The minimum absolute atomic E-state index is 0.264. The summed E-state index contributed by atoms with van der Waals surface area (Å²) in [6.07, 6.45) is 1.73. The molecule has 1 N–H and O–H groups in total. The molecule has 0 aliphatic rings. The minimum Gasteiger partial charge on any atom is -0.382 e. The van der Waals surface area contributed by atoms with Crippen LogP contribution in [0.4, 0.5) is 0 Å². The van der Waals surface area contributed by atoms with Crippen molar-refractivity contribution in [3.8, 4) is 0 Å². The Morgan fingerprint density at radius 2 is 1.44 bits per heavy atom. The van der Waals surface area contributed by atoms with Crippen molar-refractivity contribution >= 4 is 0 Å². The van der Waals surface area contributed by atoms with Crippen LogP contribution >= 0.6 is 0 Å². The number of aromatic nitrogens is 1. The quantitative estimate of drug-likeness (QED) is 0.788. The first-order valence-electron chi connectivity index (χ1n) is 5.74. The molecule has 0 spiro atoms. The Labute approximate surface area is 98.7 Å². The average molecular weight is 221 g/mol. The Hall–Kier alpha value is -0.890. The number of rotatable bonds is 1. The summed E-state index contributed by atoms with van der Waals surface area (Å²) in [7, 11) is 0. The lowest BCUT2D eigenvalue weighted by Crippen LogP contribution is -2.50. The first-order valence-corrected chi connectivity index (χ1v) is 5.74. The van der Waals surface area contributed by atoms with Crippen LogP contribution in [0, 0.1) is 10.8 Å². The third-order valence-corrected chi connectivity index (χ3v) is 3.21. The first-order chi connectivity index (χ1) is 7.11. The van der Waals surface area contributed by atoms with Gasteiger partial charge >= 0.3 is 0 Å². The Morgan fingerprint density at radius 3 is 1.75 bits per heavy atom. The van der Waals surface area contributed by atoms with Gasteiger partial charge in [0.05, 0.1) is 5.69 Å². The Bertz CT molecular complexity index is 329. The van der Waals surface area contributed by atoms with E-state index < -0.39 is 5.60 Å². The summed E-state index contributed by atoms with van der Waals surface area (Å²) in [5.41, 5.74) is -0.726. The van der Waals surface area contributed by atoms with Gasteiger partial charge in [-0.2, -0.15) is 0 Å². The standard InChI is InChI=1S/C14H23NO/c1-12(2,3)14(16,13(4,5)6)11-9-7-8-10-15-11/h7-10,16H,1-6H3. The summed E-state index contributed by atoms with van der Waals surface area (Å²) in [5, 5.41) is 11.1. The number of hydrogen-bond acceptors (Lipinski definition) is 2. The SMILES string of the molecule is CC(C)(C)C(O)(c1ccccn1)C(C)(C)C. The van der Waals surface area contributed by atoms with Crippen LogP contribution in [0.2, 0.25) is 0 Å². The molecule has 1 aromatic rings. The molecule has 0 fully saturated rings. The molecule has 1 aromatic heterocycles. The Kier molecular flexibility index (Phi) is 3.17. The van der Waals surface area contributed by atoms with E-state index >= 15 is 0 Å². The minimum atomic E-state index is -0.943. The van der Waals surface area contributed by atoms with Gasteiger partial charge < -0.3 is 5.11 Å². The second-order valence-corrected chi connectivity index (χ2v) is 6.43. The molecule has 90 valence electrons. The van der Waals surface area contributed by atoms with Gasteiger partial charge in [0.2, 0.25) is 0 Å². The maximum Gasteiger partial charge on any atom is 0.116 e. The Morgan fingerprint density at radius 1 is 0.938 bits per heavy atom. The fourth-order valence-electron chi connectivity index (χ4n) is 2.47. The summed E-state index contributed by atoms with van der Waals surface area (Å²) in [6, 6.07) is 5.69. The van der Waals surface area contributed by atoms with Gasteiger partial charge in [0.1, 0.15) is 5.60 Å². The van der Waals surface area contributed by atoms with Gasteiger partial charge in [-0.25, -0.2) is 0 Å². The van der Waals surface area contributed by atoms with Crippen molar-refractivity contribution in [1.29, 1.82) is 0 Å². The first kappa shape index (κ1) is 13.2. The van der Waals surface area contributed by atoms with Crippen LogP contribution in [-0.2, 0) is 5.60 Å². The van der Waals surface area contributed by atoms with E-state index in [2.05, 4.69) is 4.98 Å². The zero-order valence-corrected chi connectivity index (χ0v) is 11.2. The van der Waals surface area contributed by atoms with Gasteiger partial charge in [0.25, 0.3) is 0 Å². The monoisotopic (exact) mass is 221 g/mol. The summed E-state index contributed by atoms with van der Waals surface area (Å²) in [5.74, 6) is 0. The average Bonchev–Trinajstić information content (AvgIpc) is 2.14. The number of nitrogens with zero attached hydrogens (tertiary/aromatic N) is 1. The smallest absolute Gasteiger partial charge is 0.116 e. The lowest BCUT2D eigenvalue weighted by molar-refractivity contribution is -0.148. The van der Waals surface area contributed by atoms with E-state index in [1.54, 1.807) is 6.20 Å². The predicted octanol–water partition coefficient (Wildman–Crippen LogP) is 3.36. The lowest BCUT2D eigenvalue weighted by Gasteiger charge is -2.49. The highest BCUT2D eigenvalue weighted by atomic mass is 16.3. The fraction of sp³-hybridized carbons (Fsp3) is 0.643. The Balaban J connectivity index is 3.39. The normalized spacial score (nSPS) is 13.9. The maximum atomic E-state index is 11.1. The van der Waals surface area contributed by atoms with Gasteiger partial charge in [0, 0.05) is 6.20 Å². The second-order valence-electron chi connectivity index (χ2n) is 6.43. The zero-order valence-electron chi connectivity index (χ0n) is 11.2. The zero-order chi connectivity index (χ0) is 12.6. The maximum absolute atomic E-state index is 11.1. The van der Waals surface area contributed by atoms with Gasteiger partial charge in [-0.3, -0.25) is 4.98 Å². The van der Waals surface area contributed by atoms with Crippen LogP contribution < -0.4 is 0 Å². The molecule has 0 atom stereocenters. The van der Waals surface area contributed by atoms with E-state index in [-0.39, 0.29) is 10.8 Å². The van der Waals surface area contributed by atoms with E-state index in [0.717, 1.165) is 5.69 Å². The molecule has 0 unspecified atom stereocenters. The topological polar surface area (TPSA) is 33.1 Å². The number of hydrogen-bond donors (Lipinski definition) is 1. The largest absolute Gasteiger partial charge is 0.382 e. The van der Waals surface area contributed by atoms with Crippen LogP contribution in [-0.4, -0.2) is 10.1 Å². The molecule has 1 heterocycles. The second kappa shape index (κ2) is 3.85. The highest BCUT2D eigenvalue weighted by Gasteiger charge is 2.51. The van der Waals surface area contributed by atoms with Gasteiger partial charge in [0.15, 0.2) is 0 Å². The molecular formula is C14H23NO. The van der Waals surface area contributed by atoms with Gasteiger partial charge in [-0.1, -0.05) is 47.6 Å². The van der Waals surface area contributed by atoms with Crippen molar-refractivity contribution in [2.45, 2.75) is 47.1 Å². The molecule has 0 radical (unpaired) electrons. The molecule has 1 rings (SSSR count). The number of pyridine rings is 1. The highest BCUT2D eigenvalue weighted by molar-refractivity contribution is 5.19. The van der Waals surface area contributed by atoms with E-state index in [1.165, 1.54) is 0 Å². The summed E-state index contributed by atoms with van der Waals surface area (Å²) in [4.78, 5) is 4.33. The van der Waals surface area contributed by atoms with E-state index in [9.17, 15) is 5.11 Å². The molecule has 0 saturated heterocycles. The van der Waals surface area contributed by atoms with Crippen molar-refractivity contribution in [2.75, 3.05) is 0 Å². The molecule has 16 heavy (non-hydrogen) atoms. The third kappa shape index (κ3) is 1.99. The van der Waals surface area contributed by atoms with Crippen molar-refractivity contribution in [1.82, 2.24) is 4.98 Å². The van der Waals surface area contributed by atoms with Crippen LogP contribution in [0.15, 0.2) is 24.4 Å². The summed E-state index contributed by atoms with van der Waals surface area (Å²) in [6.45, 7) is 12.3. The highest BCUT2D eigenvalue weighted by Crippen LogP contribution is 2.50. The van der Waals surface area contributed by atoms with Crippen molar-refractivity contribution in [2.24, 2.45) is 10.8 Å². The van der Waals surface area contributed by atoms with Crippen LogP contribution in [0.3, 0.4) is 0 Å². The van der Waals surface area contributed by atoms with Crippen molar-refractivity contribution < 1.29 is 5.11 Å². The van der Waals surface area contributed by atoms with Gasteiger partial charge in [-0.05, 0) is 23.0 Å². The molecule has 0 saturated carbocycles. The molecule has 0 aromatic carbocycles. The van der Waals surface area contributed by atoms with Crippen LogP contribution in [0.1, 0.15) is 47.2 Å². The molecule has 0 aliphatic heterocycles. The van der Waals surface area contributed by atoms with Crippen molar-refractivity contribution in [3.05, 3.63) is 30.1 Å². The summed E-state index contributed by atoms with van der Waals surface area (Å²) >= 11 is 0. The number of aliphatic hydroxyl groups is 1. The molecular weight excluding hydrogens is 198 g/mol. The van der Waals surface area contributed by atoms with E-state index in [4.69, 9.17) is 0 Å². The van der Waals surface area contributed by atoms with Crippen LogP contribution in [0.5, 0.6) is 0 Å². The molecule has 0 aliphatic carbocycles. The molecule has 0 amide bonds. The fourth-order valence-corrected chi connectivity index (χ4v) is 2.47. The molecule has 2 nitrogen and oxygen atoms in total. The van der Waals surface area contributed by atoms with Crippen molar-refractivity contribution in [3.63, 3.8) is 0 Å².